The quantitative estimate of drug-likeness (QED) is 0.0677. The zero-order valence-electron chi connectivity index (χ0n) is 28.6. The molecule has 0 saturated carbocycles. The molecule has 0 heterocycles. The van der Waals surface area contributed by atoms with Crippen LogP contribution in [0.15, 0.2) is 18.2 Å². The van der Waals surface area contributed by atoms with E-state index < -0.39 is 65.4 Å². The van der Waals surface area contributed by atoms with Crippen LogP contribution in [0, 0.1) is 5.92 Å². The third-order valence-corrected chi connectivity index (χ3v) is 7.89. The molecular weight excluding hydrogens is 642 g/mol. The summed E-state index contributed by atoms with van der Waals surface area (Å²) in [7, 11) is 0. The van der Waals surface area contributed by atoms with Gasteiger partial charge in [0.25, 0.3) is 0 Å². The summed E-state index contributed by atoms with van der Waals surface area (Å²) in [6, 6.07) is -1.07. The molecule has 2 N–H and O–H groups in total. The number of Topliss-reactive ketones (excluding diaryl/α,β-unsaturated/α-hetero) is 1. The van der Waals surface area contributed by atoms with Gasteiger partial charge in [0.05, 0.1) is 22.7 Å². The number of nitrogens with one attached hydrogen (secondary N) is 2. The lowest BCUT2D eigenvalue weighted by molar-refractivity contribution is -0.144. The van der Waals surface area contributed by atoms with E-state index in [1.165, 1.54) is 25.7 Å². The Kier molecular flexibility index (Phi) is 19.5. The van der Waals surface area contributed by atoms with Gasteiger partial charge in [-0.25, -0.2) is 4.79 Å². The van der Waals surface area contributed by atoms with E-state index in [2.05, 4.69) is 17.6 Å². The Hall–Kier alpha value is -3.12. The van der Waals surface area contributed by atoms with E-state index in [1.54, 1.807) is 13.8 Å². The molecule has 1 rings (SSSR count). The predicted octanol–water partition coefficient (Wildman–Crippen LogP) is 8.97. The lowest BCUT2D eigenvalue weighted by Crippen LogP contribution is -2.52. The molecule has 1 aromatic carbocycles. The third-order valence-electron chi connectivity index (χ3n) is 7.89. The van der Waals surface area contributed by atoms with Crippen LogP contribution >= 0.6 is 0 Å². The fraction of sp³-hybridized carbons (Fsp3) is 0.714. The molecule has 0 aliphatic rings. The molecule has 0 saturated heterocycles. The van der Waals surface area contributed by atoms with Crippen LogP contribution in [0.2, 0.25) is 0 Å². The van der Waals surface area contributed by atoms with Crippen LogP contribution in [0.3, 0.4) is 0 Å². The van der Waals surface area contributed by atoms with Gasteiger partial charge in [0.1, 0.15) is 6.04 Å². The Bertz CT molecular complexity index is 1120. The first-order valence-corrected chi connectivity index (χ1v) is 17.1. The lowest BCUT2D eigenvalue weighted by Gasteiger charge is -2.24. The van der Waals surface area contributed by atoms with Gasteiger partial charge < -0.3 is 15.4 Å². The molecule has 0 aliphatic heterocycles. The number of esters is 1. The molecule has 13 heteroatoms. The van der Waals surface area contributed by atoms with Crippen molar-refractivity contribution in [2.75, 3.05) is 6.61 Å². The van der Waals surface area contributed by atoms with E-state index in [0.717, 1.165) is 38.5 Å². The van der Waals surface area contributed by atoms with Crippen LogP contribution in [0.1, 0.15) is 145 Å². The molecule has 1 aromatic rings. The van der Waals surface area contributed by atoms with E-state index in [4.69, 9.17) is 4.74 Å². The Morgan fingerprint density at radius 2 is 1.21 bits per heavy atom. The minimum atomic E-state index is -5.31. The lowest BCUT2D eigenvalue weighted by atomic mass is 9.99. The molecule has 0 aliphatic carbocycles. The number of rotatable bonds is 23. The molecule has 0 aromatic heterocycles. The average Bonchev–Trinajstić information content (AvgIpc) is 3.00. The van der Waals surface area contributed by atoms with Crippen molar-refractivity contribution in [1.29, 1.82) is 0 Å². The Labute approximate surface area is 280 Å². The standard InChI is InChI=1S/C35H52F6N2O5/c1-5-7-9-10-11-12-13-14-16-21-30(45)42-27(20-15-8-6-2)32(46)43-28(22-24(3)4)29(44)23-48-33(47)31-25(34(36,37)38)18-17-19-26(31)35(39,40)41/h17-19,24,27-28H,5-16,20-23H2,1-4H3,(H,42,45)(H,43,46)/t27-,28-/m0/s1. The monoisotopic (exact) mass is 694 g/mol. The summed E-state index contributed by atoms with van der Waals surface area (Å²) in [5.41, 5.74) is -5.45. The third kappa shape index (κ3) is 16.3. The van der Waals surface area contributed by atoms with Crippen molar-refractivity contribution in [2.45, 2.75) is 148 Å². The van der Waals surface area contributed by atoms with Gasteiger partial charge in [0, 0.05) is 6.42 Å². The van der Waals surface area contributed by atoms with E-state index in [-0.39, 0.29) is 24.7 Å². The molecular formula is C35H52F6N2O5. The number of carbonyl (C=O) groups excluding carboxylic acids is 4. The van der Waals surface area contributed by atoms with Crippen LogP contribution < -0.4 is 10.6 Å². The van der Waals surface area contributed by atoms with Crippen molar-refractivity contribution < 1.29 is 50.3 Å². The first-order chi connectivity index (χ1) is 22.5. The van der Waals surface area contributed by atoms with Gasteiger partial charge in [-0.05, 0) is 37.3 Å². The summed E-state index contributed by atoms with van der Waals surface area (Å²) in [5, 5.41) is 5.32. The normalized spacial score (nSPS) is 13.2. The van der Waals surface area contributed by atoms with Crippen molar-refractivity contribution in [3.63, 3.8) is 0 Å². The van der Waals surface area contributed by atoms with Gasteiger partial charge >= 0.3 is 18.3 Å². The molecule has 0 fully saturated rings. The van der Waals surface area contributed by atoms with Crippen molar-refractivity contribution in [3.05, 3.63) is 34.9 Å². The van der Waals surface area contributed by atoms with Crippen LogP contribution in [0.25, 0.3) is 0 Å². The molecule has 274 valence electrons. The molecule has 2 atom stereocenters. The van der Waals surface area contributed by atoms with Gasteiger partial charge in [0.15, 0.2) is 12.4 Å². The van der Waals surface area contributed by atoms with Crippen molar-refractivity contribution >= 4 is 23.6 Å². The molecule has 7 nitrogen and oxygen atoms in total. The van der Waals surface area contributed by atoms with E-state index in [9.17, 15) is 45.5 Å². The number of ether oxygens (including phenoxy) is 1. The first-order valence-electron chi connectivity index (χ1n) is 17.1. The topological polar surface area (TPSA) is 102 Å². The molecule has 0 bridgehead atoms. The number of alkyl halides is 6. The number of amides is 2. The minimum Gasteiger partial charge on any atom is -0.454 e. The molecule has 2 amide bonds. The number of halogens is 6. The van der Waals surface area contributed by atoms with Crippen LogP contribution in [-0.2, 0) is 31.5 Å². The summed E-state index contributed by atoms with van der Waals surface area (Å²) in [6.45, 7) is 6.44. The van der Waals surface area contributed by atoms with E-state index in [0.29, 0.717) is 37.5 Å². The van der Waals surface area contributed by atoms with E-state index >= 15 is 0 Å². The highest BCUT2D eigenvalue weighted by Gasteiger charge is 2.43. The van der Waals surface area contributed by atoms with Gasteiger partial charge in [-0.3, -0.25) is 14.4 Å². The molecule has 48 heavy (non-hydrogen) atoms. The van der Waals surface area contributed by atoms with Crippen molar-refractivity contribution in [1.82, 2.24) is 10.6 Å². The van der Waals surface area contributed by atoms with Crippen molar-refractivity contribution in [2.24, 2.45) is 5.92 Å². The maximum absolute atomic E-state index is 13.5. The van der Waals surface area contributed by atoms with Crippen LogP contribution in [0.4, 0.5) is 26.3 Å². The van der Waals surface area contributed by atoms with Gasteiger partial charge in [0.2, 0.25) is 11.8 Å². The largest absolute Gasteiger partial charge is 0.454 e. The SMILES string of the molecule is CCCCCCCCCCCC(=O)N[C@@H](CCCCC)C(=O)N[C@@H](CC(C)C)C(=O)COC(=O)c1c(C(F)(F)F)cccc1C(F)(F)F. The Morgan fingerprint density at radius 1 is 0.708 bits per heavy atom. The maximum atomic E-state index is 13.5. The summed E-state index contributed by atoms with van der Waals surface area (Å²) in [4.78, 5) is 51.8. The van der Waals surface area contributed by atoms with E-state index in [1.807, 2.05) is 6.92 Å². The molecule has 0 radical (unpaired) electrons. The fourth-order valence-corrected chi connectivity index (χ4v) is 5.30. The summed E-state index contributed by atoms with van der Waals surface area (Å²) in [6.07, 6.45) is 1.93. The number of benzene rings is 1. The number of ketones is 1. The molecule has 0 unspecified atom stereocenters. The second kappa shape index (κ2) is 21.8. The number of hydrogen-bond donors (Lipinski definition) is 2. The summed E-state index contributed by atoms with van der Waals surface area (Å²) >= 11 is 0. The smallest absolute Gasteiger partial charge is 0.417 e. The maximum Gasteiger partial charge on any atom is 0.417 e. The summed E-state index contributed by atoms with van der Waals surface area (Å²) < 4.78 is 85.8. The highest BCUT2D eigenvalue weighted by Crippen LogP contribution is 2.39. The number of hydrogen-bond acceptors (Lipinski definition) is 5. The molecule has 0 spiro atoms. The average molecular weight is 695 g/mol. The second-order valence-electron chi connectivity index (χ2n) is 12.7. The fourth-order valence-electron chi connectivity index (χ4n) is 5.30. The zero-order chi connectivity index (χ0) is 36.3. The van der Waals surface area contributed by atoms with Crippen LogP contribution in [-0.4, -0.2) is 42.3 Å². The predicted molar refractivity (Wildman–Crippen MR) is 171 cm³/mol. The Morgan fingerprint density at radius 3 is 1.71 bits per heavy atom. The number of unbranched alkanes of at least 4 members (excludes halogenated alkanes) is 10. The first kappa shape index (κ1) is 42.9. The zero-order valence-corrected chi connectivity index (χ0v) is 28.6. The minimum absolute atomic E-state index is 0.0448. The van der Waals surface area contributed by atoms with Crippen molar-refractivity contribution in [3.8, 4) is 0 Å². The highest BCUT2D eigenvalue weighted by molar-refractivity contribution is 5.97. The highest BCUT2D eigenvalue weighted by atomic mass is 19.4. The summed E-state index contributed by atoms with van der Waals surface area (Å²) in [5.74, 6) is -4.04. The van der Waals surface area contributed by atoms with Gasteiger partial charge in [-0.15, -0.1) is 0 Å². The second-order valence-corrected chi connectivity index (χ2v) is 12.7. The van der Waals surface area contributed by atoms with Crippen LogP contribution in [0.5, 0.6) is 0 Å². The Balaban J connectivity index is 2.93. The number of carbonyl (C=O) groups is 4. The van der Waals surface area contributed by atoms with Gasteiger partial charge in [-0.2, -0.15) is 26.3 Å². The van der Waals surface area contributed by atoms with Gasteiger partial charge in [-0.1, -0.05) is 104 Å².